The zero-order valence-corrected chi connectivity index (χ0v) is 14.4. The van der Waals surface area contributed by atoms with E-state index in [9.17, 15) is 9.18 Å². The van der Waals surface area contributed by atoms with Gasteiger partial charge in [0.2, 0.25) is 5.88 Å². The monoisotopic (exact) mass is 355 g/mol. The highest BCUT2D eigenvalue weighted by molar-refractivity contribution is 7.97. The van der Waals surface area contributed by atoms with E-state index in [1.165, 1.54) is 7.11 Å². The summed E-state index contributed by atoms with van der Waals surface area (Å²) in [6.45, 7) is 1.85. The van der Waals surface area contributed by atoms with Crippen molar-refractivity contribution < 1.29 is 18.7 Å². The van der Waals surface area contributed by atoms with Gasteiger partial charge in [-0.2, -0.15) is 0 Å². The van der Waals surface area contributed by atoms with Crippen LogP contribution in [0.4, 0.5) is 4.39 Å². The largest absolute Gasteiger partial charge is 0.473 e. The fourth-order valence-electron chi connectivity index (χ4n) is 2.31. The number of pyridine rings is 1. The molecule has 0 saturated carbocycles. The molecule has 2 heterocycles. The summed E-state index contributed by atoms with van der Waals surface area (Å²) in [5, 5.41) is 0. The molecule has 1 aromatic heterocycles. The van der Waals surface area contributed by atoms with E-state index in [4.69, 9.17) is 15.2 Å². The van der Waals surface area contributed by atoms with Crippen LogP contribution in [0.5, 0.6) is 5.88 Å². The number of hydrogen-bond donors (Lipinski definition) is 1. The van der Waals surface area contributed by atoms with E-state index in [1.807, 2.05) is 6.07 Å². The SMILES string of the molecule is COC(=O)C1CCN(Sc2ccc(OC/C(=C/F)CN)nc2)CC1. The molecular formula is C16H22FN3O3S. The van der Waals surface area contributed by atoms with Gasteiger partial charge in [-0.05, 0) is 30.9 Å². The van der Waals surface area contributed by atoms with Gasteiger partial charge in [0.05, 0.1) is 19.4 Å². The Labute approximate surface area is 145 Å². The third-order valence-electron chi connectivity index (χ3n) is 3.75. The molecule has 1 aromatic rings. The minimum atomic E-state index is -0.123. The first-order valence-corrected chi connectivity index (χ1v) is 8.51. The molecule has 0 atom stereocenters. The first-order valence-electron chi connectivity index (χ1n) is 7.74. The summed E-state index contributed by atoms with van der Waals surface area (Å²) in [5.74, 6) is 0.305. The number of aromatic nitrogens is 1. The van der Waals surface area contributed by atoms with Crippen LogP contribution in [-0.2, 0) is 9.53 Å². The number of nitrogens with two attached hydrogens (primary N) is 1. The number of methoxy groups -OCH3 is 1. The topological polar surface area (TPSA) is 77.7 Å². The Morgan fingerprint density at radius 1 is 1.50 bits per heavy atom. The number of carbonyl (C=O) groups excluding carboxylic acids is 1. The van der Waals surface area contributed by atoms with Gasteiger partial charge in [-0.1, -0.05) is 0 Å². The van der Waals surface area contributed by atoms with Gasteiger partial charge >= 0.3 is 5.97 Å². The first-order chi connectivity index (χ1) is 11.7. The second kappa shape index (κ2) is 9.61. The molecule has 0 radical (unpaired) electrons. The predicted octanol–water partition coefficient (Wildman–Crippen LogP) is 2.16. The van der Waals surface area contributed by atoms with Gasteiger partial charge in [-0.25, -0.2) is 13.7 Å². The molecule has 132 valence electrons. The zero-order valence-electron chi connectivity index (χ0n) is 13.6. The lowest BCUT2D eigenvalue weighted by atomic mass is 9.99. The minimum absolute atomic E-state index is 0.000973. The van der Waals surface area contributed by atoms with Crippen molar-refractivity contribution in [3.63, 3.8) is 0 Å². The second-order valence-corrected chi connectivity index (χ2v) is 6.58. The molecule has 1 aliphatic heterocycles. The van der Waals surface area contributed by atoms with Crippen LogP contribution in [0.3, 0.4) is 0 Å². The summed E-state index contributed by atoms with van der Waals surface area (Å²) < 4.78 is 24.8. The van der Waals surface area contributed by atoms with Gasteiger partial charge in [0.15, 0.2) is 0 Å². The molecule has 0 spiro atoms. The van der Waals surface area contributed by atoms with E-state index >= 15 is 0 Å². The number of piperidine rings is 1. The smallest absolute Gasteiger partial charge is 0.308 e. The summed E-state index contributed by atoms with van der Waals surface area (Å²) in [5.41, 5.74) is 5.74. The molecular weight excluding hydrogens is 333 g/mol. The van der Waals surface area contributed by atoms with Crippen molar-refractivity contribution >= 4 is 17.9 Å². The normalized spacial score (nSPS) is 16.9. The van der Waals surface area contributed by atoms with E-state index in [1.54, 1.807) is 24.2 Å². The molecule has 8 heteroatoms. The third kappa shape index (κ3) is 5.47. The molecule has 0 bridgehead atoms. The Morgan fingerprint density at radius 3 is 2.79 bits per heavy atom. The van der Waals surface area contributed by atoms with E-state index in [0.717, 1.165) is 30.8 Å². The average Bonchev–Trinajstić information content (AvgIpc) is 2.64. The number of esters is 1. The van der Waals surface area contributed by atoms with Gasteiger partial charge in [-0.3, -0.25) is 4.79 Å². The quantitative estimate of drug-likeness (QED) is 0.593. The van der Waals surface area contributed by atoms with Crippen molar-refractivity contribution in [1.29, 1.82) is 0 Å². The van der Waals surface area contributed by atoms with Crippen LogP contribution in [0.2, 0.25) is 0 Å². The number of rotatable bonds is 7. The van der Waals surface area contributed by atoms with E-state index in [-0.39, 0.29) is 25.0 Å². The number of nitrogens with zero attached hydrogens (tertiary/aromatic N) is 2. The Hall–Kier alpha value is -1.64. The Bertz CT molecular complexity index is 560. The van der Waals surface area contributed by atoms with Crippen LogP contribution in [0.15, 0.2) is 35.1 Å². The van der Waals surface area contributed by atoms with Crippen LogP contribution in [-0.4, -0.2) is 48.6 Å². The fourth-order valence-corrected chi connectivity index (χ4v) is 3.23. The molecule has 2 N–H and O–H groups in total. The zero-order chi connectivity index (χ0) is 17.4. The van der Waals surface area contributed by atoms with Crippen LogP contribution in [0, 0.1) is 5.92 Å². The van der Waals surface area contributed by atoms with E-state index in [0.29, 0.717) is 17.8 Å². The highest BCUT2D eigenvalue weighted by atomic mass is 32.2. The highest BCUT2D eigenvalue weighted by Gasteiger charge is 2.25. The van der Waals surface area contributed by atoms with E-state index in [2.05, 4.69) is 9.29 Å². The number of carbonyl (C=O) groups is 1. The van der Waals surface area contributed by atoms with Crippen LogP contribution in [0.25, 0.3) is 0 Å². The van der Waals surface area contributed by atoms with Gasteiger partial charge in [0, 0.05) is 42.4 Å². The minimum Gasteiger partial charge on any atom is -0.473 e. The lowest BCUT2D eigenvalue weighted by Gasteiger charge is -2.29. The van der Waals surface area contributed by atoms with Gasteiger partial charge < -0.3 is 15.2 Å². The maximum atomic E-state index is 12.4. The summed E-state index contributed by atoms with van der Waals surface area (Å²) >= 11 is 1.60. The van der Waals surface area contributed by atoms with E-state index < -0.39 is 0 Å². The molecule has 0 aromatic carbocycles. The molecule has 1 aliphatic rings. The molecule has 0 aliphatic carbocycles. The van der Waals surface area contributed by atoms with Crippen LogP contribution < -0.4 is 10.5 Å². The first kappa shape index (κ1) is 18.7. The standard InChI is InChI=1S/C16H22FN3O3S/c1-22-16(21)13-4-6-20(7-5-13)24-14-2-3-15(19-10-14)23-11-12(8-17)9-18/h2-3,8,10,13H,4-7,9,11,18H2,1H3/b12-8+. The maximum absolute atomic E-state index is 12.4. The van der Waals surface area contributed by atoms with Crippen molar-refractivity contribution in [2.24, 2.45) is 11.7 Å². The highest BCUT2D eigenvalue weighted by Crippen LogP contribution is 2.29. The number of halogens is 1. The van der Waals surface area contributed by atoms with Crippen LogP contribution >= 0.6 is 11.9 Å². The molecule has 0 amide bonds. The van der Waals surface area contributed by atoms with Crippen molar-refractivity contribution in [2.45, 2.75) is 17.7 Å². The Kier molecular flexibility index (Phi) is 7.48. The van der Waals surface area contributed by atoms with Crippen molar-refractivity contribution in [3.05, 3.63) is 30.2 Å². The molecule has 2 rings (SSSR count). The summed E-state index contributed by atoms with van der Waals surface area (Å²) in [4.78, 5) is 16.7. The Morgan fingerprint density at radius 2 is 2.25 bits per heavy atom. The van der Waals surface area contributed by atoms with Crippen LogP contribution in [0.1, 0.15) is 12.8 Å². The van der Waals surface area contributed by atoms with Gasteiger partial charge in [-0.15, -0.1) is 0 Å². The lowest BCUT2D eigenvalue weighted by molar-refractivity contribution is -0.146. The molecule has 6 nitrogen and oxygen atoms in total. The number of ether oxygens (including phenoxy) is 2. The fraction of sp³-hybridized carbons (Fsp3) is 0.500. The summed E-state index contributed by atoms with van der Waals surface area (Å²) in [6, 6.07) is 3.65. The molecule has 1 fully saturated rings. The summed E-state index contributed by atoms with van der Waals surface area (Å²) in [7, 11) is 1.43. The Balaban J connectivity index is 1.79. The lowest BCUT2D eigenvalue weighted by Crippen LogP contribution is -2.32. The molecule has 24 heavy (non-hydrogen) atoms. The van der Waals surface area contributed by atoms with Crippen molar-refractivity contribution in [1.82, 2.24) is 9.29 Å². The summed E-state index contributed by atoms with van der Waals surface area (Å²) in [6.07, 6.45) is 3.77. The third-order valence-corrected chi connectivity index (χ3v) is 4.83. The van der Waals surface area contributed by atoms with Gasteiger partial charge in [0.25, 0.3) is 0 Å². The molecule has 1 saturated heterocycles. The van der Waals surface area contributed by atoms with Gasteiger partial charge in [0.1, 0.15) is 6.61 Å². The van der Waals surface area contributed by atoms with Crippen molar-refractivity contribution in [2.75, 3.05) is 33.4 Å². The second-order valence-electron chi connectivity index (χ2n) is 5.41. The predicted molar refractivity (Wildman–Crippen MR) is 90.1 cm³/mol. The molecule has 0 unspecified atom stereocenters. The number of hydrogen-bond acceptors (Lipinski definition) is 7. The maximum Gasteiger partial charge on any atom is 0.308 e. The van der Waals surface area contributed by atoms with Crippen molar-refractivity contribution in [3.8, 4) is 5.88 Å². The average molecular weight is 355 g/mol.